The third kappa shape index (κ3) is 3.29. The molecule has 0 aromatic heterocycles. The van der Waals surface area contributed by atoms with Crippen LogP contribution in [0.15, 0.2) is 18.2 Å². The third-order valence-corrected chi connectivity index (χ3v) is 2.33. The van der Waals surface area contributed by atoms with Crippen LogP contribution in [0.3, 0.4) is 0 Å². The van der Waals surface area contributed by atoms with Crippen molar-refractivity contribution in [2.45, 2.75) is 13.3 Å². The Bertz CT molecular complexity index is 413. The van der Waals surface area contributed by atoms with Crippen LogP contribution < -0.4 is 11.5 Å². The second-order valence-corrected chi connectivity index (χ2v) is 3.71. The Morgan fingerprint density at radius 1 is 1.53 bits per heavy atom. The van der Waals surface area contributed by atoms with E-state index in [1.54, 1.807) is 18.2 Å². The summed E-state index contributed by atoms with van der Waals surface area (Å²) in [5, 5.41) is 0.568. The van der Waals surface area contributed by atoms with Crippen LogP contribution in [-0.2, 0) is 4.79 Å². The van der Waals surface area contributed by atoms with Crippen molar-refractivity contribution in [2.75, 3.05) is 5.73 Å². The number of amides is 1. The van der Waals surface area contributed by atoms with Crippen LogP contribution in [0.1, 0.15) is 17.5 Å². The Hall–Kier alpha value is -1.48. The summed E-state index contributed by atoms with van der Waals surface area (Å²) in [4.78, 5) is 10.5. The Morgan fingerprint density at radius 3 is 2.80 bits per heavy atom. The molecule has 0 atom stereocenters. The van der Waals surface area contributed by atoms with Gasteiger partial charge in [0.05, 0.1) is 0 Å². The van der Waals surface area contributed by atoms with Gasteiger partial charge in [-0.15, -0.1) is 0 Å². The maximum atomic E-state index is 10.5. The second-order valence-electron chi connectivity index (χ2n) is 3.30. The molecule has 1 aromatic carbocycles. The molecule has 0 fully saturated rings. The average Bonchev–Trinajstić information content (AvgIpc) is 2.13. The molecule has 0 saturated carbocycles. The van der Waals surface area contributed by atoms with Gasteiger partial charge in [-0.05, 0) is 30.2 Å². The normalized spacial score (nSPS) is 10.8. The number of carbonyl (C=O) groups is 1. The van der Waals surface area contributed by atoms with Gasteiger partial charge in [-0.2, -0.15) is 0 Å². The molecule has 1 amide bonds. The molecule has 0 radical (unpaired) electrons. The van der Waals surface area contributed by atoms with Gasteiger partial charge in [0.25, 0.3) is 0 Å². The second kappa shape index (κ2) is 4.84. The highest BCUT2D eigenvalue weighted by Crippen LogP contribution is 2.23. The van der Waals surface area contributed by atoms with E-state index in [0.29, 0.717) is 10.7 Å². The van der Waals surface area contributed by atoms with Gasteiger partial charge in [-0.25, -0.2) is 0 Å². The highest BCUT2D eigenvalue weighted by Gasteiger charge is 2.00. The van der Waals surface area contributed by atoms with E-state index in [1.165, 1.54) is 0 Å². The first-order chi connectivity index (χ1) is 7.00. The Morgan fingerprint density at radius 2 is 2.20 bits per heavy atom. The fraction of sp³-hybridized carbons (Fsp3) is 0.182. The number of anilines is 1. The van der Waals surface area contributed by atoms with Gasteiger partial charge in [0, 0.05) is 17.1 Å². The van der Waals surface area contributed by atoms with Gasteiger partial charge in [0.15, 0.2) is 0 Å². The van der Waals surface area contributed by atoms with Gasteiger partial charge in [0.1, 0.15) is 0 Å². The molecule has 4 heteroatoms. The van der Waals surface area contributed by atoms with Crippen molar-refractivity contribution in [2.24, 2.45) is 5.73 Å². The molecule has 0 unspecified atom stereocenters. The lowest BCUT2D eigenvalue weighted by atomic mass is 10.1. The SMILES string of the molecule is Cc1cc(C=CCC(N)=O)c(Cl)cc1N. The first-order valence-corrected chi connectivity index (χ1v) is 4.89. The minimum Gasteiger partial charge on any atom is -0.398 e. The molecular weight excluding hydrogens is 212 g/mol. The van der Waals surface area contributed by atoms with E-state index in [4.69, 9.17) is 23.1 Å². The van der Waals surface area contributed by atoms with Crippen molar-refractivity contribution in [3.8, 4) is 0 Å². The smallest absolute Gasteiger partial charge is 0.221 e. The summed E-state index contributed by atoms with van der Waals surface area (Å²) in [5.74, 6) is -0.366. The third-order valence-electron chi connectivity index (χ3n) is 2.00. The summed E-state index contributed by atoms with van der Waals surface area (Å²) in [6.07, 6.45) is 3.65. The van der Waals surface area contributed by atoms with Crippen molar-refractivity contribution in [3.05, 3.63) is 34.4 Å². The molecule has 0 bridgehead atoms. The number of primary amides is 1. The highest BCUT2D eigenvalue weighted by molar-refractivity contribution is 6.32. The van der Waals surface area contributed by atoms with E-state index in [1.807, 2.05) is 13.0 Å². The summed E-state index contributed by atoms with van der Waals surface area (Å²) in [6, 6.07) is 3.57. The van der Waals surface area contributed by atoms with Gasteiger partial charge in [-0.3, -0.25) is 4.79 Å². The molecule has 4 N–H and O–H groups in total. The van der Waals surface area contributed by atoms with Gasteiger partial charge >= 0.3 is 0 Å². The molecule has 0 aliphatic carbocycles. The zero-order valence-corrected chi connectivity index (χ0v) is 9.21. The van der Waals surface area contributed by atoms with E-state index in [0.717, 1.165) is 11.1 Å². The number of hydrogen-bond acceptors (Lipinski definition) is 2. The number of rotatable bonds is 3. The maximum Gasteiger partial charge on any atom is 0.221 e. The van der Waals surface area contributed by atoms with Gasteiger partial charge in [0.2, 0.25) is 5.91 Å². The summed E-state index contributed by atoms with van der Waals surface area (Å²) >= 11 is 5.97. The quantitative estimate of drug-likeness (QED) is 0.773. The van der Waals surface area contributed by atoms with E-state index in [2.05, 4.69) is 0 Å². The van der Waals surface area contributed by atoms with Crippen LogP contribution in [0.4, 0.5) is 5.69 Å². The van der Waals surface area contributed by atoms with Crippen molar-refractivity contribution in [1.82, 2.24) is 0 Å². The van der Waals surface area contributed by atoms with Crippen molar-refractivity contribution in [1.29, 1.82) is 0 Å². The molecule has 15 heavy (non-hydrogen) atoms. The molecule has 0 heterocycles. The van der Waals surface area contributed by atoms with E-state index < -0.39 is 0 Å². The molecule has 0 aliphatic rings. The Labute approximate surface area is 93.7 Å². The Balaban J connectivity index is 2.90. The first-order valence-electron chi connectivity index (χ1n) is 4.51. The van der Waals surface area contributed by atoms with Crippen molar-refractivity contribution >= 4 is 29.3 Å². The molecule has 3 nitrogen and oxygen atoms in total. The van der Waals surface area contributed by atoms with E-state index in [9.17, 15) is 4.79 Å². The number of nitrogens with two attached hydrogens (primary N) is 2. The summed E-state index contributed by atoms with van der Waals surface area (Å²) < 4.78 is 0. The predicted octanol–water partition coefficient (Wildman–Crippen LogP) is 2.12. The van der Waals surface area contributed by atoms with Crippen molar-refractivity contribution in [3.63, 3.8) is 0 Å². The summed E-state index contributed by atoms with van der Waals surface area (Å²) in [7, 11) is 0. The molecule has 80 valence electrons. The van der Waals surface area contributed by atoms with Crippen LogP contribution in [0, 0.1) is 6.92 Å². The van der Waals surface area contributed by atoms with Gasteiger partial charge < -0.3 is 11.5 Å². The van der Waals surface area contributed by atoms with Crippen LogP contribution in [0.5, 0.6) is 0 Å². The molecule has 0 spiro atoms. The lowest BCUT2D eigenvalue weighted by Gasteiger charge is -2.04. The molecule has 1 aromatic rings. The zero-order valence-electron chi connectivity index (χ0n) is 8.46. The molecule has 0 saturated heterocycles. The maximum absolute atomic E-state index is 10.5. The topological polar surface area (TPSA) is 69.1 Å². The standard InChI is InChI=1S/C11H13ClN2O/c1-7-5-8(3-2-4-11(14)15)9(12)6-10(7)13/h2-3,5-6H,4,13H2,1H3,(H2,14,15). The molecule has 0 aliphatic heterocycles. The Kier molecular flexibility index (Phi) is 3.74. The molecular formula is C11H13ClN2O. The van der Waals surface area contributed by atoms with E-state index in [-0.39, 0.29) is 12.3 Å². The number of halogens is 1. The largest absolute Gasteiger partial charge is 0.398 e. The van der Waals surface area contributed by atoms with Crippen LogP contribution in [0.25, 0.3) is 6.08 Å². The lowest BCUT2D eigenvalue weighted by Crippen LogP contribution is -2.07. The monoisotopic (exact) mass is 224 g/mol. The van der Waals surface area contributed by atoms with Crippen LogP contribution in [0.2, 0.25) is 5.02 Å². The lowest BCUT2D eigenvalue weighted by molar-refractivity contribution is -0.117. The fourth-order valence-electron chi connectivity index (χ4n) is 1.15. The number of hydrogen-bond donors (Lipinski definition) is 2. The number of benzene rings is 1. The summed E-state index contributed by atoms with van der Waals surface area (Å²) in [6.45, 7) is 1.90. The van der Waals surface area contributed by atoms with Crippen molar-refractivity contribution < 1.29 is 4.79 Å². The van der Waals surface area contributed by atoms with Crippen LogP contribution >= 0.6 is 11.6 Å². The van der Waals surface area contributed by atoms with Gasteiger partial charge in [-0.1, -0.05) is 23.8 Å². The van der Waals surface area contributed by atoms with E-state index >= 15 is 0 Å². The molecule has 1 rings (SSSR count). The number of aryl methyl sites for hydroxylation is 1. The van der Waals surface area contributed by atoms with Crippen LogP contribution in [-0.4, -0.2) is 5.91 Å². The predicted molar refractivity (Wildman–Crippen MR) is 63.4 cm³/mol. The highest BCUT2D eigenvalue weighted by atomic mass is 35.5. The number of carbonyl (C=O) groups excluding carboxylic acids is 1. The fourth-order valence-corrected chi connectivity index (χ4v) is 1.38. The number of nitrogen functional groups attached to an aromatic ring is 1. The summed E-state index contributed by atoms with van der Waals surface area (Å²) in [5.41, 5.74) is 13.1. The average molecular weight is 225 g/mol. The minimum atomic E-state index is -0.366. The zero-order chi connectivity index (χ0) is 11.4. The first kappa shape index (κ1) is 11.6. The minimum absolute atomic E-state index is 0.208.